The lowest BCUT2D eigenvalue weighted by atomic mass is 10.2. The Balaban J connectivity index is 2.38. The van der Waals surface area contributed by atoms with Gasteiger partial charge >= 0.3 is 0 Å². The first-order valence-corrected chi connectivity index (χ1v) is 8.51. The number of rotatable bonds is 4. The summed E-state index contributed by atoms with van der Waals surface area (Å²) in [6, 6.07) is 1.89. The largest absolute Gasteiger partial charge is 0.390 e. The number of aryl methyl sites for hydroxylation is 1. The monoisotopic (exact) mass is 301 g/mol. The Morgan fingerprint density at radius 2 is 2.21 bits per heavy atom. The van der Waals surface area contributed by atoms with Gasteiger partial charge in [0, 0.05) is 11.1 Å². The zero-order valence-corrected chi connectivity index (χ0v) is 12.5. The average Bonchev–Trinajstić information content (AvgIpc) is 2.92. The van der Waals surface area contributed by atoms with Crippen LogP contribution in [0, 0.1) is 0 Å². The molecule has 0 amide bonds. The molecule has 0 radical (unpaired) electrons. The summed E-state index contributed by atoms with van der Waals surface area (Å²) in [4.78, 5) is 5.24. The number of nitrogens with zero attached hydrogens (tertiary/aromatic N) is 2. The molecule has 0 aromatic carbocycles. The molecule has 19 heavy (non-hydrogen) atoms. The van der Waals surface area contributed by atoms with Gasteiger partial charge in [-0.05, 0) is 19.4 Å². The molecule has 2 rings (SSSR count). The molecule has 2 aromatic heterocycles. The predicted molar refractivity (Wildman–Crippen MR) is 74.7 cm³/mol. The molecule has 0 spiro atoms. The lowest BCUT2D eigenvalue weighted by Crippen LogP contribution is -2.09. The van der Waals surface area contributed by atoms with E-state index < -0.39 is 15.1 Å². The molecule has 0 aliphatic heterocycles. The topological polar surface area (TPSA) is 99.1 Å². The first-order chi connectivity index (χ1) is 8.82. The van der Waals surface area contributed by atoms with Crippen molar-refractivity contribution in [2.75, 3.05) is 12.0 Å². The molecule has 0 aliphatic rings. The van der Waals surface area contributed by atoms with Gasteiger partial charge in [-0.1, -0.05) is 12.1 Å². The second kappa shape index (κ2) is 4.93. The molecule has 8 heteroatoms. The van der Waals surface area contributed by atoms with Gasteiger partial charge in [-0.2, -0.15) is 4.98 Å². The van der Waals surface area contributed by atoms with Crippen LogP contribution in [0.3, 0.4) is 0 Å². The van der Waals surface area contributed by atoms with E-state index in [0.717, 1.165) is 17.6 Å². The van der Waals surface area contributed by atoms with Crippen LogP contribution < -0.4 is 5.73 Å². The fourth-order valence-corrected chi connectivity index (χ4v) is 2.84. The smallest absolute Gasteiger partial charge is 0.260 e. The third-order valence-corrected chi connectivity index (χ3v) is 5.44. The van der Waals surface area contributed by atoms with Crippen LogP contribution in [0.15, 0.2) is 10.6 Å². The van der Waals surface area contributed by atoms with Crippen LogP contribution in [-0.4, -0.2) is 24.8 Å². The van der Waals surface area contributed by atoms with E-state index >= 15 is 0 Å². The Morgan fingerprint density at radius 1 is 1.53 bits per heavy atom. The Labute approximate surface area is 115 Å². The van der Waals surface area contributed by atoms with Gasteiger partial charge in [0.2, 0.25) is 0 Å². The molecule has 2 N–H and O–H groups in total. The van der Waals surface area contributed by atoms with E-state index in [9.17, 15) is 8.42 Å². The highest BCUT2D eigenvalue weighted by Gasteiger charge is 2.24. The zero-order chi connectivity index (χ0) is 14.2. The van der Waals surface area contributed by atoms with Crippen molar-refractivity contribution in [3.63, 3.8) is 0 Å². The number of nitrogens with two attached hydrogens (primary N) is 1. The second-order valence-corrected chi connectivity index (χ2v) is 7.81. The molecule has 1 atom stereocenters. The second-order valence-electron chi connectivity index (χ2n) is 4.27. The van der Waals surface area contributed by atoms with Crippen molar-refractivity contribution in [1.29, 1.82) is 0 Å². The summed E-state index contributed by atoms with van der Waals surface area (Å²) >= 11 is 1.46. The van der Waals surface area contributed by atoms with Gasteiger partial charge in [-0.25, -0.2) is 8.42 Å². The lowest BCUT2D eigenvalue weighted by Gasteiger charge is -2.01. The van der Waals surface area contributed by atoms with Crippen LogP contribution in [-0.2, 0) is 16.3 Å². The maximum absolute atomic E-state index is 11.5. The van der Waals surface area contributed by atoms with Crippen molar-refractivity contribution in [1.82, 2.24) is 10.1 Å². The molecular weight excluding hydrogens is 286 g/mol. The Bertz CT molecular complexity index is 688. The Kier molecular flexibility index (Phi) is 3.64. The van der Waals surface area contributed by atoms with Gasteiger partial charge in [0.1, 0.15) is 5.25 Å². The van der Waals surface area contributed by atoms with Gasteiger partial charge in [-0.15, -0.1) is 11.3 Å². The highest BCUT2D eigenvalue weighted by molar-refractivity contribution is 7.90. The number of anilines is 1. The molecule has 0 fully saturated rings. The number of hydrogen-bond acceptors (Lipinski definition) is 7. The average molecular weight is 301 g/mol. The molecule has 6 nitrogen and oxygen atoms in total. The highest BCUT2D eigenvalue weighted by Crippen LogP contribution is 2.34. The minimum Gasteiger partial charge on any atom is -0.390 e. The number of hydrogen-bond donors (Lipinski definition) is 1. The van der Waals surface area contributed by atoms with E-state index in [4.69, 9.17) is 10.3 Å². The minimum atomic E-state index is -3.25. The van der Waals surface area contributed by atoms with Gasteiger partial charge in [0.05, 0.1) is 10.6 Å². The van der Waals surface area contributed by atoms with Crippen LogP contribution in [0.2, 0.25) is 0 Å². The summed E-state index contributed by atoms with van der Waals surface area (Å²) < 4.78 is 28.0. The van der Waals surface area contributed by atoms with E-state index in [1.165, 1.54) is 18.3 Å². The normalized spacial score (nSPS) is 13.6. The Morgan fingerprint density at radius 3 is 2.74 bits per heavy atom. The van der Waals surface area contributed by atoms with E-state index in [1.807, 2.05) is 13.0 Å². The number of nitrogen functional groups attached to an aromatic ring is 1. The predicted octanol–water partition coefficient (Wildman–Crippen LogP) is 2.05. The molecule has 0 saturated heterocycles. The van der Waals surface area contributed by atoms with Crippen LogP contribution in [0.25, 0.3) is 11.5 Å². The molecule has 104 valence electrons. The molecule has 0 aliphatic carbocycles. The molecule has 0 bridgehead atoms. The van der Waals surface area contributed by atoms with Crippen molar-refractivity contribution in [3.8, 4) is 11.5 Å². The number of aromatic nitrogens is 2. The van der Waals surface area contributed by atoms with E-state index in [-0.39, 0.29) is 11.7 Å². The number of sulfone groups is 1. The first-order valence-electron chi connectivity index (χ1n) is 5.74. The maximum Gasteiger partial charge on any atom is 0.260 e. The van der Waals surface area contributed by atoms with Crippen LogP contribution >= 0.6 is 11.3 Å². The molecular formula is C11H15N3O3S2. The van der Waals surface area contributed by atoms with Crippen molar-refractivity contribution < 1.29 is 12.9 Å². The fraction of sp³-hybridized carbons (Fsp3) is 0.455. The summed E-state index contributed by atoms with van der Waals surface area (Å²) in [5, 5.41) is 3.52. The van der Waals surface area contributed by atoms with Gasteiger partial charge in [0.25, 0.3) is 5.89 Å². The standard InChI is InChI=1S/C11H15N3O3S2/c1-4-7-5-8(9(12)18-7)11-13-10(14-17-11)6(2)19(3,15)16/h5-6H,4,12H2,1-3H3. The van der Waals surface area contributed by atoms with Crippen molar-refractivity contribution >= 4 is 26.2 Å². The summed E-state index contributed by atoms with van der Waals surface area (Å²) in [5.41, 5.74) is 6.56. The summed E-state index contributed by atoms with van der Waals surface area (Å²) in [6.07, 6.45) is 2.01. The quantitative estimate of drug-likeness (QED) is 0.927. The minimum absolute atomic E-state index is 0.154. The van der Waals surface area contributed by atoms with E-state index in [1.54, 1.807) is 0 Å². The van der Waals surface area contributed by atoms with E-state index in [2.05, 4.69) is 10.1 Å². The summed E-state index contributed by atoms with van der Waals surface area (Å²) in [7, 11) is -3.25. The lowest BCUT2D eigenvalue weighted by molar-refractivity contribution is 0.422. The zero-order valence-electron chi connectivity index (χ0n) is 10.9. The third-order valence-electron chi connectivity index (χ3n) is 2.84. The van der Waals surface area contributed by atoms with Crippen molar-refractivity contribution in [2.24, 2.45) is 0 Å². The SMILES string of the molecule is CCc1cc(-c2nc(C(C)S(C)(=O)=O)no2)c(N)s1. The molecule has 2 aromatic rings. The first kappa shape index (κ1) is 14.0. The van der Waals surface area contributed by atoms with Gasteiger partial charge in [-0.3, -0.25) is 0 Å². The van der Waals surface area contributed by atoms with Gasteiger partial charge in [0.15, 0.2) is 15.7 Å². The van der Waals surface area contributed by atoms with Crippen LogP contribution in [0.1, 0.15) is 29.8 Å². The summed E-state index contributed by atoms with van der Waals surface area (Å²) in [6.45, 7) is 3.55. The van der Waals surface area contributed by atoms with E-state index in [0.29, 0.717) is 10.6 Å². The number of thiophene rings is 1. The third kappa shape index (κ3) is 2.79. The van der Waals surface area contributed by atoms with Crippen LogP contribution in [0.4, 0.5) is 5.00 Å². The van der Waals surface area contributed by atoms with Crippen molar-refractivity contribution in [3.05, 3.63) is 16.8 Å². The molecule has 0 saturated carbocycles. The highest BCUT2D eigenvalue weighted by atomic mass is 32.2. The Hall–Kier alpha value is -1.41. The fourth-order valence-electron chi connectivity index (χ4n) is 1.50. The maximum atomic E-state index is 11.5. The summed E-state index contributed by atoms with van der Waals surface area (Å²) in [5.74, 6) is 0.417. The van der Waals surface area contributed by atoms with Crippen LogP contribution in [0.5, 0.6) is 0 Å². The van der Waals surface area contributed by atoms with Crippen molar-refractivity contribution in [2.45, 2.75) is 25.5 Å². The van der Waals surface area contributed by atoms with Gasteiger partial charge < -0.3 is 10.3 Å². The molecule has 1 unspecified atom stereocenters. The molecule has 2 heterocycles.